The first kappa shape index (κ1) is 15.3. The molecule has 0 radical (unpaired) electrons. The first-order chi connectivity index (χ1) is 10.2. The van der Waals surface area contributed by atoms with Crippen LogP contribution < -0.4 is 14.8 Å². The van der Waals surface area contributed by atoms with E-state index in [1.165, 1.54) is 7.11 Å². The molecule has 0 aliphatic heterocycles. The van der Waals surface area contributed by atoms with Crippen LogP contribution in [0, 0.1) is 5.82 Å². The minimum atomic E-state index is -0.314. The van der Waals surface area contributed by atoms with Gasteiger partial charge >= 0.3 is 0 Å². The van der Waals surface area contributed by atoms with E-state index in [-0.39, 0.29) is 17.6 Å². The number of nitrogens with one attached hydrogen (secondary N) is 1. The summed E-state index contributed by atoms with van der Waals surface area (Å²) in [5.74, 6) is 0.766. The van der Waals surface area contributed by atoms with Crippen molar-refractivity contribution in [2.45, 2.75) is 19.5 Å². The zero-order valence-electron chi connectivity index (χ0n) is 12.5. The molecule has 2 aromatic carbocycles. The van der Waals surface area contributed by atoms with E-state index >= 15 is 0 Å². The summed E-state index contributed by atoms with van der Waals surface area (Å²) in [7, 11) is 3.11. The van der Waals surface area contributed by atoms with Crippen molar-refractivity contribution in [3.63, 3.8) is 0 Å². The number of methoxy groups -OCH3 is 2. The molecular formula is C17H20FNO2. The molecule has 0 amide bonds. The van der Waals surface area contributed by atoms with Crippen molar-refractivity contribution < 1.29 is 13.9 Å². The standard InChI is InChI=1S/C17H20FNO2/c1-12(13-6-4-8-15(10-13)20-2)19-11-14-7-5-9-16(21-3)17(14)18/h4-10,12,19H,11H2,1-3H3/t12-/m0/s1. The fourth-order valence-electron chi connectivity index (χ4n) is 2.14. The van der Waals surface area contributed by atoms with Gasteiger partial charge in [0.05, 0.1) is 14.2 Å². The minimum Gasteiger partial charge on any atom is -0.497 e. The average Bonchev–Trinajstić information content (AvgIpc) is 2.53. The van der Waals surface area contributed by atoms with Gasteiger partial charge in [-0.05, 0) is 30.7 Å². The Labute approximate surface area is 124 Å². The van der Waals surface area contributed by atoms with Crippen LogP contribution in [-0.4, -0.2) is 14.2 Å². The van der Waals surface area contributed by atoms with Gasteiger partial charge in [-0.15, -0.1) is 0 Å². The van der Waals surface area contributed by atoms with E-state index in [9.17, 15) is 4.39 Å². The Bertz CT molecular complexity index is 601. The predicted octanol–water partition coefficient (Wildman–Crippen LogP) is 3.69. The highest BCUT2D eigenvalue weighted by molar-refractivity contribution is 5.32. The summed E-state index contributed by atoms with van der Waals surface area (Å²) in [5, 5.41) is 3.31. The van der Waals surface area contributed by atoms with Gasteiger partial charge < -0.3 is 14.8 Å². The van der Waals surface area contributed by atoms with Crippen LogP contribution in [0.2, 0.25) is 0 Å². The van der Waals surface area contributed by atoms with Crippen molar-refractivity contribution >= 4 is 0 Å². The molecule has 3 nitrogen and oxygen atoms in total. The molecule has 0 spiro atoms. The van der Waals surface area contributed by atoms with E-state index in [0.717, 1.165) is 11.3 Å². The van der Waals surface area contributed by atoms with Crippen LogP contribution >= 0.6 is 0 Å². The molecule has 0 heterocycles. The van der Waals surface area contributed by atoms with Gasteiger partial charge in [-0.2, -0.15) is 0 Å². The SMILES string of the molecule is COc1cccc([C@H](C)NCc2cccc(OC)c2F)c1. The maximum atomic E-state index is 14.1. The second-order valence-electron chi connectivity index (χ2n) is 4.81. The van der Waals surface area contributed by atoms with E-state index < -0.39 is 0 Å². The highest BCUT2D eigenvalue weighted by Crippen LogP contribution is 2.22. The fraction of sp³-hybridized carbons (Fsp3) is 0.294. The summed E-state index contributed by atoms with van der Waals surface area (Å²) in [6.07, 6.45) is 0. The van der Waals surface area contributed by atoms with Crippen molar-refractivity contribution in [1.82, 2.24) is 5.32 Å². The van der Waals surface area contributed by atoms with Gasteiger partial charge in [0.25, 0.3) is 0 Å². The number of hydrogen-bond acceptors (Lipinski definition) is 3. The Hall–Kier alpha value is -2.07. The molecule has 0 saturated heterocycles. The molecule has 0 unspecified atom stereocenters. The van der Waals surface area contributed by atoms with E-state index in [2.05, 4.69) is 5.32 Å². The third kappa shape index (κ3) is 3.73. The Morgan fingerprint density at radius 3 is 2.57 bits per heavy atom. The van der Waals surface area contributed by atoms with Gasteiger partial charge in [-0.25, -0.2) is 4.39 Å². The van der Waals surface area contributed by atoms with Crippen LogP contribution in [0.4, 0.5) is 4.39 Å². The van der Waals surface area contributed by atoms with Gasteiger partial charge in [-0.1, -0.05) is 24.3 Å². The number of ether oxygens (including phenoxy) is 2. The first-order valence-electron chi connectivity index (χ1n) is 6.84. The minimum absolute atomic E-state index is 0.0886. The molecule has 0 aromatic heterocycles. The number of benzene rings is 2. The van der Waals surface area contributed by atoms with E-state index in [4.69, 9.17) is 9.47 Å². The third-order valence-electron chi connectivity index (χ3n) is 3.46. The normalized spacial score (nSPS) is 12.0. The highest BCUT2D eigenvalue weighted by Gasteiger charge is 2.10. The molecule has 4 heteroatoms. The molecule has 112 valence electrons. The van der Waals surface area contributed by atoms with Crippen LogP contribution in [0.5, 0.6) is 11.5 Å². The number of hydrogen-bond donors (Lipinski definition) is 1. The zero-order chi connectivity index (χ0) is 15.2. The molecule has 2 aromatic rings. The summed E-state index contributed by atoms with van der Waals surface area (Å²) in [4.78, 5) is 0. The lowest BCUT2D eigenvalue weighted by atomic mass is 10.1. The monoisotopic (exact) mass is 289 g/mol. The molecule has 0 bridgehead atoms. The van der Waals surface area contributed by atoms with Gasteiger partial charge in [0.15, 0.2) is 11.6 Å². The Morgan fingerprint density at radius 1 is 1.10 bits per heavy atom. The van der Waals surface area contributed by atoms with Crippen LogP contribution in [0.1, 0.15) is 24.1 Å². The van der Waals surface area contributed by atoms with E-state index in [1.54, 1.807) is 25.3 Å². The van der Waals surface area contributed by atoms with E-state index in [1.807, 2.05) is 31.2 Å². The summed E-state index contributed by atoms with van der Waals surface area (Å²) < 4.78 is 24.3. The lowest BCUT2D eigenvalue weighted by Gasteiger charge is -2.16. The Balaban J connectivity index is 2.05. The molecular weight excluding hydrogens is 269 g/mol. The van der Waals surface area contributed by atoms with Gasteiger partial charge in [0.2, 0.25) is 0 Å². The largest absolute Gasteiger partial charge is 0.497 e. The van der Waals surface area contributed by atoms with Gasteiger partial charge in [0, 0.05) is 18.2 Å². The second-order valence-corrected chi connectivity index (χ2v) is 4.81. The topological polar surface area (TPSA) is 30.5 Å². The molecule has 0 saturated carbocycles. The first-order valence-corrected chi connectivity index (χ1v) is 6.84. The number of halogens is 1. The van der Waals surface area contributed by atoms with Crippen LogP contribution in [0.25, 0.3) is 0 Å². The molecule has 1 atom stereocenters. The fourth-order valence-corrected chi connectivity index (χ4v) is 2.14. The van der Waals surface area contributed by atoms with E-state index in [0.29, 0.717) is 12.1 Å². The van der Waals surface area contributed by atoms with Crippen LogP contribution in [0.15, 0.2) is 42.5 Å². The summed E-state index contributed by atoms with van der Waals surface area (Å²) >= 11 is 0. The lowest BCUT2D eigenvalue weighted by Crippen LogP contribution is -2.19. The van der Waals surface area contributed by atoms with Crippen molar-refractivity contribution in [3.05, 3.63) is 59.4 Å². The lowest BCUT2D eigenvalue weighted by molar-refractivity contribution is 0.382. The predicted molar refractivity (Wildman–Crippen MR) is 81.2 cm³/mol. The summed E-state index contributed by atoms with van der Waals surface area (Å²) in [6.45, 7) is 2.47. The molecule has 21 heavy (non-hydrogen) atoms. The summed E-state index contributed by atoms with van der Waals surface area (Å²) in [5.41, 5.74) is 1.68. The third-order valence-corrected chi connectivity index (χ3v) is 3.46. The van der Waals surface area contributed by atoms with Crippen molar-refractivity contribution in [1.29, 1.82) is 0 Å². The Morgan fingerprint density at radius 2 is 1.86 bits per heavy atom. The maximum absolute atomic E-state index is 14.1. The zero-order valence-corrected chi connectivity index (χ0v) is 12.5. The van der Waals surface area contributed by atoms with Crippen LogP contribution in [0.3, 0.4) is 0 Å². The second kappa shape index (κ2) is 7.09. The number of rotatable bonds is 6. The van der Waals surface area contributed by atoms with Crippen molar-refractivity contribution in [2.75, 3.05) is 14.2 Å². The smallest absolute Gasteiger partial charge is 0.169 e. The molecule has 2 rings (SSSR count). The van der Waals surface area contributed by atoms with Crippen molar-refractivity contribution in [2.24, 2.45) is 0 Å². The molecule has 0 fully saturated rings. The Kier molecular flexibility index (Phi) is 5.17. The quantitative estimate of drug-likeness (QED) is 0.879. The molecule has 1 N–H and O–H groups in total. The van der Waals surface area contributed by atoms with Gasteiger partial charge in [-0.3, -0.25) is 0 Å². The summed E-state index contributed by atoms with van der Waals surface area (Å²) in [6, 6.07) is 13.1. The van der Waals surface area contributed by atoms with Gasteiger partial charge in [0.1, 0.15) is 5.75 Å². The van der Waals surface area contributed by atoms with Crippen molar-refractivity contribution in [3.8, 4) is 11.5 Å². The average molecular weight is 289 g/mol. The van der Waals surface area contributed by atoms with Crippen LogP contribution in [-0.2, 0) is 6.54 Å². The highest BCUT2D eigenvalue weighted by atomic mass is 19.1. The molecule has 0 aliphatic rings. The molecule has 0 aliphatic carbocycles. The maximum Gasteiger partial charge on any atom is 0.169 e.